The smallest absolute Gasteiger partial charge is 0.225 e. The molecule has 1 heterocycles. The van der Waals surface area contributed by atoms with Gasteiger partial charge in [0.15, 0.2) is 0 Å². The van der Waals surface area contributed by atoms with E-state index in [9.17, 15) is 9.59 Å². The maximum atomic E-state index is 12.4. The van der Waals surface area contributed by atoms with Crippen molar-refractivity contribution in [2.75, 3.05) is 26.7 Å². The number of carbonyl (C=O) groups is 2. The van der Waals surface area contributed by atoms with Gasteiger partial charge in [-0.1, -0.05) is 37.8 Å². The molecule has 0 radical (unpaired) electrons. The Hall–Kier alpha value is -1.79. The third-order valence-electron chi connectivity index (χ3n) is 5.83. The van der Waals surface area contributed by atoms with Crippen molar-refractivity contribution in [3.8, 4) is 5.75 Å². The van der Waals surface area contributed by atoms with Gasteiger partial charge < -0.3 is 20.3 Å². The first kappa shape index (κ1) is 23.5. The van der Waals surface area contributed by atoms with Crippen molar-refractivity contribution in [2.24, 2.45) is 5.92 Å². The number of ether oxygens (including phenoxy) is 1. The third-order valence-corrected chi connectivity index (χ3v) is 5.83. The first-order valence-electron chi connectivity index (χ1n) is 10.6. The van der Waals surface area contributed by atoms with Crippen LogP contribution in [0.2, 0.25) is 0 Å². The van der Waals surface area contributed by atoms with Gasteiger partial charge in [-0.15, -0.1) is 12.4 Å². The van der Waals surface area contributed by atoms with E-state index >= 15 is 0 Å². The number of nitrogens with one attached hydrogen (secondary N) is 2. The molecule has 1 saturated carbocycles. The number of halogens is 1. The molecule has 7 heteroatoms. The Kier molecular flexibility index (Phi) is 9.74. The third kappa shape index (κ3) is 7.19. The number of nitrogens with zero attached hydrogens (tertiary/aromatic N) is 1. The second kappa shape index (κ2) is 12.0. The number of benzene rings is 1. The first-order chi connectivity index (χ1) is 13.7. The summed E-state index contributed by atoms with van der Waals surface area (Å²) >= 11 is 0. The van der Waals surface area contributed by atoms with E-state index in [4.69, 9.17) is 4.74 Å². The monoisotopic (exact) mass is 423 g/mol. The van der Waals surface area contributed by atoms with Gasteiger partial charge >= 0.3 is 0 Å². The summed E-state index contributed by atoms with van der Waals surface area (Å²) in [5, 5.41) is 6.57. The van der Waals surface area contributed by atoms with E-state index in [1.165, 1.54) is 38.5 Å². The van der Waals surface area contributed by atoms with Crippen LogP contribution in [0.1, 0.15) is 50.5 Å². The molecule has 3 rings (SSSR count). The van der Waals surface area contributed by atoms with Crippen LogP contribution in [0.25, 0.3) is 0 Å². The molecular formula is C22H34ClN3O3. The summed E-state index contributed by atoms with van der Waals surface area (Å²) in [6.07, 6.45) is 8.08. The second-order valence-electron chi connectivity index (χ2n) is 7.96. The summed E-state index contributed by atoms with van der Waals surface area (Å²) in [6.45, 7) is 2.45. The molecule has 1 unspecified atom stereocenters. The Balaban J connectivity index is 0.00000300. The molecule has 0 spiro atoms. The maximum Gasteiger partial charge on any atom is 0.225 e. The van der Waals surface area contributed by atoms with E-state index in [0.717, 1.165) is 17.9 Å². The zero-order chi connectivity index (χ0) is 19.8. The highest BCUT2D eigenvalue weighted by molar-refractivity contribution is 5.89. The van der Waals surface area contributed by atoms with Crippen molar-refractivity contribution in [1.29, 1.82) is 0 Å². The van der Waals surface area contributed by atoms with E-state index in [1.807, 2.05) is 24.3 Å². The van der Waals surface area contributed by atoms with Gasteiger partial charge in [-0.05, 0) is 30.5 Å². The first-order valence-corrected chi connectivity index (χ1v) is 10.6. The number of amides is 2. The molecule has 1 atom stereocenters. The maximum absolute atomic E-state index is 12.4. The minimum absolute atomic E-state index is 0. The fourth-order valence-electron chi connectivity index (χ4n) is 4.14. The van der Waals surface area contributed by atoms with Crippen molar-refractivity contribution < 1.29 is 14.3 Å². The van der Waals surface area contributed by atoms with Crippen LogP contribution in [0.4, 0.5) is 0 Å². The molecule has 1 aromatic carbocycles. The van der Waals surface area contributed by atoms with Gasteiger partial charge in [0.05, 0.1) is 13.0 Å². The predicted octanol–water partition coefficient (Wildman–Crippen LogP) is 2.89. The van der Waals surface area contributed by atoms with Crippen LogP contribution in [-0.4, -0.2) is 49.5 Å². The summed E-state index contributed by atoms with van der Waals surface area (Å²) in [4.78, 5) is 26.5. The van der Waals surface area contributed by atoms with Crippen molar-refractivity contribution in [3.05, 3.63) is 29.8 Å². The lowest BCUT2D eigenvalue weighted by atomic mass is 10.1. The van der Waals surface area contributed by atoms with Gasteiger partial charge in [0, 0.05) is 38.6 Å². The highest BCUT2D eigenvalue weighted by atomic mass is 35.5. The molecule has 0 bridgehead atoms. The fourth-order valence-corrected chi connectivity index (χ4v) is 4.14. The Labute approximate surface area is 180 Å². The molecule has 2 aliphatic rings. The molecule has 6 nitrogen and oxygen atoms in total. The molecule has 1 aromatic rings. The van der Waals surface area contributed by atoms with E-state index in [-0.39, 0.29) is 30.1 Å². The minimum Gasteiger partial charge on any atom is -0.497 e. The number of hydrogen-bond donors (Lipinski definition) is 2. The molecule has 162 valence electrons. The Bertz CT molecular complexity index is 645. The van der Waals surface area contributed by atoms with E-state index < -0.39 is 0 Å². The van der Waals surface area contributed by atoms with Crippen molar-refractivity contribution in [2.45, 2.75) is 57.5 Å². The number of carbonyl (C=O) groups excluding carboxylic acids is 2. The molecule has 29 heavy (non-hydrogen) atoms. The van der Waals surface area contributed by atoms with E-state index in [0.29, 0.717) is 32.1 Å². The zero-order valence-corrected chi connectivity index (χ0v) is 18.1. The summed E-state index contributed by atoms with van der Waals surface area (Å²) in [5.41, 5.74) is 1.04. The molecule has 1 aliphatic heterocycles. The van der Waals surface area contributed by atoms with Crippen LogP contribution in [0.3, 0.4) is 0 Å². The van der Waals surface area contributed by atoms with Crippen LogP contribution < -0.4 is 15.4 Å². The topological polar surface area (TPSA) is 70.7 Å². The lowest BCUT2D eigenvalue weighted by Crippen LogP contribution is -2.39. The average Bonchev–Trinajstić information content (AvgIpc) is 2.91. The number of methoxy groups -OCH3 is 1. The van der Waals surface area contributed by atoms with Crippen LogP contribution in [0, 0.1) is 5.92 Å². The summed E-state index contributed by atoms with van der Waals surface area (Å²) < 4.78 is 5.16. The van der Waals surface area contributed by atoms with Crippen LogP contribution in [0.5, 0.6) is 5.75 Å². The lowest BCUT2D eigenvalue weighted by Gasteiger charge is -2.18. The molecule has 2 N–H and O–H groups in total. The molecule has 2 amide bonds. The molecule has 1 aliphatic carbocycles. The Morgan fingerprint density at radius 1 is 1.10 bits per heavy atom. The zero-order valence-electron chi connectivity index (χ0n) is 17.3. The van der Waals surface area contributed by atoms with Gasteiger partial charge in [0.1, 0.15) is 5.75 Å². The van der Waals surface area contributed by atoms with Gasteiger partial charge in [0.2, 0.25) is 11.8 Å². The number of rotatable bonds is 8. The van der Waals surface area contributed by atoms with Gasteiger partial charge in [0.25, 0.3) is 0 Å². The SMILES string of the molecule is COc1ccc(CN2CC(C(=O)NCCNC3CCCCCC3)CC2=O)cc1.Cl. The van der Waals surface area contributed by atoms with Gasteiger partial charge in [-0.3, -0.25) is 9.59 Å². The lowest BCUT2D eigenvalue weighted by molar-refractivity contribution is -0.129. The van der Waals surface area contributed by atoms with Gasteiger partial charge in [-0.25, -0.2) is 0 Å². The van der Waals surface area contributed by atoms with Crippen LogP contribution >= 0.6 is 12.4 Å². The van der Waals surface area contributed by atoms with Crippen molar-refractivity contribution in [3.63, 3.8) is 0 Å². The Morgan fingerprint density at radius 3 is 2.45 bits per heavy atom. The molecule has 0 aromatic heterocycles. The molecular weight excluding hydrogens is 390 g/mol. The highest BCUT2D eigenvalue weighted by Crippen LogP contribution is 2.21. The fraction of sp³-hybridized carbons (Fsp3) is 0.636. The van der Waals surface area contributed by atoms with Crippen molar-refractivity contribution >= 4 is 24.2 Å². The summed E-state index contributed by atoms with van der Waals surface area (Å²) in [5.74, 6) is 0.593. The van der Waals surface area contributed by atoms with E-state index in [1.54, 1.807) is 12.0 Å². The predicted molar refractivity (Wildman–Crippen MR) is 116 cm³/mol. The molecule has 2 fully saturated rings. The standard InChI is InChI=1S/C22H33N3O3.ClH/c1-28-20-10-8-17(9-11-20)15-25-16-18(14-21(25)26)22(27)24-13-12-23-19-6-4-2-3-5-7-19;/h8-11,18-19,23H,2-7,12-16H2,1H3,(H,24,27);1H. The minimum atomic E-state index is -0.247. The normalized spacial score (nSPS) is 20.1. The molecule has 1 saturated heterocycles. The number of hydrogen-bond acceptors (Lipinski definition) is 4. The summed E-state index contributed by atoms with van der Waals surface area (Å²) in [7, 11) is 1.63. The average molecular weight is 424 g/mol. The van der Waals surface area contributed by atoms with E-state index in [2.05, 4.69) is 10.6 Å². The van der Waals surface area contributed by atoms with Crippen molar-refractivity contribution in [1.82, 2.24) is 15.5 Å². The number of likely N-dealkylation sites (tertiary alicyclic amines) is 1. The van der Waals surface area contributed by atoms with Gasteiger partial charge in [-0.2, -0.15) is 0 Å². The second-order valence-corrected chi connectivity index (χ2v) is 7.96. The Morgan fingerprint density at radius 2 is 1.79 bits per heavy atom. The quantitative estimate of drug-likeness (QED) is 0.498. The summed E-state index contributed by atoms with van der Waals surface area (Å²) in [6, 6.07) is 8.28. The largest absolute Gasteiger partial charge is 0.497 e. The highest BCUT2D eigenvalue weighted by Gasteiger charge is 2.34. The van der Waals surface area contributed by atoms with Crippen LogP contribution in [0.15, 0.2) is 24.3 Å². The van der Waals surface area contributed by atoms with Crippen LogP contribution in [-0.2, 0) is 16.1 Å².